The minimum absolute atomic E-state index is 0.00112. The SMILES string of the molecule is CCOc1cc(C=NNC(=O)CCC(=O)Nc2cc(C)ccc2C)cc(Br)c1OCc1ccccc1C#N. The molecule has 0 aromatic heterocycles. The van der Waals surface area contributed by atoms with E-state index in [1.807, 2.05) is 51.1 Å². The van der Waals surface area contributed by atoms with Crippen molar-refractivity contribution in [3.05, 3.63) is 86.9 Å². The summed E-state index contributed by atoms with van der Waals surface area (Å²) in [6.07, 6.45) is 1.52. The molecule has 38 heavy (non-hydrogen) atoms. The van der Waals surface area contributed by atoms with Crippen molar-refractivity contribution < 1.29 is 19.1 Å². The fourth-order valence-electron chi connectivity index (χ4n) is 3.52. The Bertz CT molecular complexity index is 1380. The molecule has 3 aromatic rings. The maximum Gasteiger partial charge on any atom is 0.240 e. The first-order valence-corrected chi connectivity index (χ1v) is 12.9. The molecule has 0 bridgehead atoms. The molecule has 0 heterocycles. The zero-order valence-electron chi connectivity index (χ0n) is 21.5. The normalized spacial score (nSPS) is 10.6. The number of rotatable bonds is 11. The Morgan fingerprint density at radius 1 is 1.05 bits per heavy atom. The van der Waals surface area contributed by atoms with E-state index in [0.717, 1.165) is 22.4 Å². The van der Waals surface area contributed by atoms with Crippen LogP contribution in [0.15, 0.2) is 64.2 Å². The molecule has 9 heteroatoms. The second kappa shape index (κ2) is 14.0. The highest BCUT2D eigenvalue weighted by molar-refractivity contribution is 9.10. The van der Waals surface area contributed by atoms with Crippen LogP contribution in [0.3, 0.4) is 0 Å². The Balaban J connectivity index is 1.57. The summed E-state index contributed by atoms with van der Waals surface area (Å²) in [6.45, 7) is 6.34. The fourth-order valence-corrected chi connectivity index (χ4v) is 4.09. The number of amides is 2. The first-order valence-electron chi connectivity index (χ1n) is 12.1. The summed E-state index contributed by atoms with van der Waals surface area (Å²) in [6, 6.07) is 18.7. The molecule has 0 spiro atoms. The number of hydrazone groups is 1. The fraction of sp³-hybridized carbons (Fsp3) is 0.241. The molecule has 3 rings (SSSR count). The standard InChI is InChI=1S/C29H29BrN4O4/c1-4-37-26-15-21(14-24(30)29(26)38-18-23-8-6-5-7-22(23)16-31)17-32-34-28(36)12-11-27(35)33-25-13-19(2)9-10-20(25)3/h5-10,13-15,17H,4,11-12,18H2,1-3H3,(H,33,35)(H,34,36). The molecular weight excluding hydrogens is 548 g/mol. The van der Waals surface area contributed by atoms with Crippen LogP contribution < -0.4 is 20.2 Å². The van der Waals surface area contributed by atoms with Crippen molar-refractivity contribution >= 4 is 39.6 Å². The third-order valence-electron chi connectivity index (χ3n) is 5.49. The van der Waals surface area contributed by atoms with Crippen molar-refractivity contribution in [2.75, 3.05) is 11.9 Å². The number of nitriles is 1. The predicted molar refractivity (Wildman–Crippen MR) is 150 cm³/mol. The smallest absolute Gasteiger partial charge is 0.240 e. The van der Waals surface area contributed by atoms with Gasteiger partial charge in [-0.2, -0.15) is 10.4 Å². The van der Waals surface area contributed by atoms with Gasteiger partial charge in [-0.25, -0.2) is 5.43 Å². The van der Waals surface area contributed by atoms with Crippen molar-refractivity contribution in [3.8, 4) is 17.6 Å². The van der Waals surface area contributed by atoms with E-state index in [4.69, 9.17) is 9.47 Å². The monoisotopic (exact) mass is 576 g/mol. The van der Waals surface area contributed by atoms with Gasteiger partial charge in [-0.1, -0.05) is 30.3 Å². The minimum Gasteiger partial charge on any atom is -0.490 e. The van der Waals surface area contributed by atoms with E-state index >= 15 is 0 Å². The number of carbonyl (C=O) groups is 2. The zero-order chi connectivity index (χ0) is 27.5. The molecule has 0 saturated heterocycles. The Kier molecular flexibility index (Phi) is 10.4. The molecule has 0 saturated carbocycles. The van der Waals surface area contributed by atoms with Gasteiger partial charge in [-0.3, -0.25) is 9.59 Å². The largest absolute Gasteiger partial charge is 0.490 e. The summed E-state index contributed by atoms with van der Waals surface area (Å²) in [5.41, 5.74) is 7.16. The average molecular weight is 577 g/mol. The maximum absolute atomic E-state index is 12.2. The van der Waals surface area contributed by atoms with Crippen molar-refractivity contribution in [2.24, 2.45) is 5.10 Å². The van der Waals surface area contributed by atoms with E-state index in [9.17, 15) is 14.9 Å². The quantitative estimate of drug-likeness (QED) is 0.222. The number of anilines is 1. The molecule has 2 N–H and O–H groups in total. The van der Waals surface area contributed by atoms with Crippen LogP contribution in [-0.4, -0.2) is 24.6 Å². The number of carbonyl (C=O) groups excluding carboxylic acids is 2. The van der Waals surface area contributed by atoms with E-state index in [1.54, 1.807) is 24.3 Å². The number of aryl methyl sites for hydroxylation is 2. The van der Waals surface area contributed by atoms with Crippen molar-refractivity contribution in [3.63, 3.8) is 0 Å². The molecule has 196 valence electrons. The summed E-state index contributed by atoms with van der Waals surface area (Å²) in [5, 5.41) is 16.2. The van der Waals surface area contributed by atoms with Crippen LogP contribution in [0.2, 0.25) is 0 Å². The summed E-state index contributed by atoms with van der Waals surface area (Å²) in [7, 11) is 0. The summed E-state index contributed by atoms with van der Waals surface area (Å²) >= 11 is 3.51. The molecule has 8 nitrogen and oxygen atoms in total. The number of nitrogens with one attached hydrogen (secondary N) is 2. The minimum atomic E-state index is -0.377. The predicted octanol–water partition coefficient (Wildman–Crippen LogP) is 5.78. The number of nitrogens with zero attached hydrogens (tertiary/aromatic N) is 2. The molecule has 0 aliphatic rings. The van der Waals surface area contributed by atoms with Gasteiger partial charge in [-0.15, -0.1) is 0 Å². The van der Waals surface area contributed by atoms with E-state index in [1.165, 1.54) is 6.21 Å². The van der Waals surface area contributed by atoms with Gasteiger partial charge in [-0.05, 0) is 77.7 Å². The molecule has 0 unspecified atom stereocenters. The van der Waals surface area contributed by atoms with Crippen LogP contribution in [0, 0.1) is 25.2 Å². The lowest BCUT2D eigenvalue weighted by Gasteiger charge is -2.15. The number of benzene rings is 3. The maximum atomic E-state index is 12.2. The van der Waals surface area contributed by atoms with Crippen LogP contribution in [0.1, 0.15) is 47.6 Å². The van der Waals surface area contributed by atoms with Crippen LogP contribution in [0.25, 0.3) is 0 Å². The molecule has 3 aromatic carbocycles. The number of hydrogen-bond acceptors (Lipinski definition) is 6. The average Bonchev–Trinajstić information content (AvgIpc) is 2.89. The molecule has 0 fully saturated rings. The van der Waals surface area contributed by atoms with Crippen molar-refractivity contribution in [2.45, 2.75) is 40.2 Å². The molecule has 0 aliphatic heterocycles. The Labute approximate surface area is 230 Å². The zero-order valence-corrected chi connectivity index (χ0v) is 23.1. The Hall–Kier alpha value is -4.16. The molecule has 0 radical (unpaired) electrons. The Morgan fingerprint density at radius 2 is 1.82 bits per heavy atom. The highest BCUT2D eigenvalue weighted by Crippen LogP contribution is 2.37. The molecule has 2 amide bonds. The van der Waals surface area contributed by atoms with Crippen LogP contribution in [-0.2, 0) is 16.2 Å². The number of hydrogen-bond donors (Lipinski definition) is 2. The lowest BCUT2D eigenvalue weighted by Crippen LogP contribution is -2.21. The summed E-state index contributed by atoms with van der Waals surface area (Å²) < 4.78 is 12.4. The highest BCUT2D eigenvalue weighted by Gasteiger charge is 2.14. The van der Waals surface area contributed by atoms with Crippen LogP contribution in [0.4, 0.5) is 5.69 Å². The first-order chi connectivity index (χ1) is 18.3. The van der Waals surface area contributed by atoms with Gasteiger partial charge >= 0.3 is 0 Å². The molecular formula is C29H29BrN4O4. The topological polar surface area (TPSA) is 113 Å². The lowest BCUT2D eigenvalue weighted by atomic mass is 10.1. The van der Waals surface area contributed by atoms with Crippen LogP contribution in [0.5, 0.6) is 11.5 Å². The van der Waals surface area contributed by atoms with Crippen molar-refractivity contribution in [1.29, 1.82) is 5.26 Å². The van der Waals surface area contributed by atoms with Gasteiger partial charge in [0.25, 0.3) is 0 Å². The van der Waals surface area contributed by atoms with Gasteiger partial charge in [0.1, 0.15) is 6.61 Å². The highest BCUT2D eigenvalue weighted by atomic mass is 79.9. The van der Waals surface area contributed by atoms with Gasteiger partial charge in [0.2, 0.25) is 11.8 Å². The van der Waals surface area contributed by atoms with Gasteiger partial charge in [0.15, 0.2) is 11.5 Å². The van der Waals surface area contributed by atoms with Gasteiger partial charge in [0, 0.05) is 24.1 Å². The third kappa shape index (κ3) is 8.18. The number of ether oxygens (including phenoxy) is 2. The first kappa shape index (κ1) is 28.4. The van der Waals surface area contributed by atoms with Gasteiger partial charge in [0.05, 0.1) is 28.9 Å². The Morgan fingerprint density at radius 3 is 2.58 bits per heavy atom. The van der Waals surface area contributed by atoms with Gasteiger partial charge < -0.3 is 14.8 Å². The van der Waals surface area contributed by atoms with Crippen LogP contribution >= 0.6 is 15.9 Å². The third-order valence-corrected chi connectivity index (χ3v) is 6.08. The number of halogens is 1. The second-order valence-corrected chi connectivity index (χ2v) is 9.33. The van der Waals surface area contributed by atoms with E-state index in [0.29, 0.717) is 33.7 Å². The summed E-state index contributed by atoms with van der Waals surface area (Å²) in [5.74, 6) is 0.372. The lowest BCUT2D eigenvalue weighted by molar-refractivity contribution is -0.124. The van der Waals surface area contributed by atoms with E-state index in [-0.39, 0.29) is 31.3 Å². The molecule has 0 atom stereocenters. The van der Waals surface area contributed by atoms with E-state index in [2.05, 4.69) is 37.8 Å². The van der Waals surface area contributed by atoms with Crippen molar-refractivity contribution in [1.82, 2.24) is 5.43 Å². The van der Waals surface area contributed by atoms with E-state index < -0.39 is 0 Å². The molecule has 0 aliphatic carbocycles. The summed E-state index contributed by atoms with van der Waals surface area (Å²) in [4.78, 5) is 24.4. The second-order valence-electron chi connectivity index (χ2n) is 8.48.